The van der Waals surface area contributed by atoms with E-state index in [9.17, 15) is 13.6 Å². The second-order valence-corrected chi connectivity index (χ2v) is 8.67. The van der Waals surface area contributed by atoms with Crippen LogP contribution < -0.4 is 10.4 Å². The lowest BCUT2D eigenvalue weighted by Crippen LogP contribution is -2.61. The molecule has 3 aliphatic rings. The number of alkyl halides is 2. The van der Waals surface area contributed by atoms with Crippen LogP contribution in [-0.2, 0) is 0 Å². The maximum atomic E-state index is 13.3. The second-order valence-electron chi connectivity index (χ2n) is 8.67. The lowest BCUT2D eigenvalue weighted by Gasteiger charge is -2.55. The monoisotopic (exact) mass is 395 g/mol. The van der Waals surface area contributed by atoms with Gasteiger partial charge in [0.05, 0.1) is 5.56 Å². The van der Waals surface area contributed by atoms with E-state index >= 15 is 0 Å². The lowest BCUT2D eigenvalue weighted by atomic mass is 9.71. The van der Waals surface area contributed by atoms with Crippen LogP contribution in [-0.4, -0.2) is 64.6 Å². The molecular formula is C19H27F2N5O2. The SMILES string of the molecule is O=C(NO)c1cnc(N2CCC3(CC2)CN(CC2CCC(F)(F)CC2)C3)nc1. The number of hydroxylamine groups is 1. The van der Waals surface area contributed by atoms with E-state index < -0.39 is 11.8 Å². The fraction of sp³-hybridized carbons (Fsp3) is 0.737. The van der Waals surface area contributed by atoms with Crippen LogP contribution in [0.3, 0.4) is 0 Å². The van der Waals surface area contributed by atoms with Crippen LogP contribution in [0.1, 0.15) is 48.9 Å². The highest BCUT2D eigenvalue weighted by Crippen LogP contribution is 2.43. The van der Waals surface area contributed by atoms with E-state index in [1.165, 1.54) is 12.4 Å². The number of halogens is 2. The first-order valence-corrected chi connectivity index (χ1v) is 10.00. The molecule has 154 valence electrons. The van der Waals surface area contributed by atoms with Crippen LogP contribution in [0.15, 0.2) is 12.4 Å². The highest BCUT2D eigenvalue weighted by Gasteiger charge is 2.46. The van der Waals surface area contributed by atoms with Gasteiger partial charge in [-0.1, -0.05) is 0 Å². The summed E-state index contributed by atoms with van der Waals surface area (Å²) in [6.45, 7) is 4.82. The molecule has 1 spiro atoms. The lowest BCUT2D eigenvalue weighted by molar-refractivity contribution is -0.0663. The van der Waals surface area contributed by atoms with Crippen molar-refractivity contribution in [3.05, 3.63) is 18.0 Å². The number of hydrogen-bond donors (Lipinski definition) is 2. The molecule has 28 heavy (non-hydrogen) atoms. The summed E-state index contributed by atoms with van der Waals surface area (Å²) < 4.78 is 26.6. The maximum absolute atomic E-state index is 13.3. The summed E-state index contributed by atoms with van der Waals surface area (Å²) in [6.07, 6.45) is 6.34. The number of piperidine rings is 1. The Morgan fingerprint density at radius 3 is 2.32 bits per heavy atom. The zero-order valence-corrected chi connectivity index (χ0v) is 15.9. The van der Waals surface area contributed by atoms with Crippen molar-refractivity contribution in [3.63, 3.8) is 0 Å². The van der Waals surface area contributed by atoms with Crippen molar-refractivity contribution in [3.8, 4) is 0 Å². The third-order valence-corrected chi connectivity index (χ3v) is 6.58. The molecular weight excluding hydrogens is 368 g/mol. The zero-order chi connectivity index (χ0) is 19.8. The first-order valence-electron chi connectivity index (χ1n) is 10.00. The van der Waals surface area contributed by atoms with Crippen molar-refractivity contribution in [1.82, 2.24) is 20.3 Å². The Morgan fingerprint density at radius 2 is 1.75 bits per heavy atom. The Labute approximate surface area is 163 Å². The number of carbonyl (C=O) groups excluding carboxylic acids is 1. The number of nitrogens with zero attached hydrogens (tertiary/aromatic N) is 4. The van der Waals surface area contributed by atoms with Gasteiger partial charge in [0.25, 0.3) is 5.91 Å². The van der Waals surface area contributed by atoms with Crippen molar-refractivity contribution in [2.45, 2.75) is 44.4 Å². The van der Waals surface area contributed by atoms with Gasteiger partial charge in [-0.05, 0) is 37.0 Å². The molecule has 1 amide bonds. The first-order chi connectivity index (χ1) is 13.4. The predicted molar refractivity (Wildman–Crippen MR) is 98.5 cm³/mol. The predicted octanol–water partition coefficient (Wildman–Crippen LogP) is 2.32. The van der Waals surface area contributed by atoms with Gasteiger partial charge in [0.1, 0.15) is 0 Å². The molecule has 1 aromatic heterocycles. The van der Waals surface area contributed by atoms with Crippen molar-refractivity contribution in [1.29, 1.82) is 0 Å². The third kappa shape index (κ3) is 4.10. The first kappa shape index (κ1) is 19.4. The number of nitrogens with one attached hydrogen (secondary N) is 1. The highest BCUT2D eigenvalue weighted by atomic mass is 19.3. The molecule has 4 rings (SSSR count). The number of likely N-dealkylation sites (tertiary alicyclic amines) is 1. The summed E-state index contributed by atoms with van der Waals surface area (Å²) >= 11 is 0. The van der Waals surface area contributed by atoms with Gasteiger partial charge in [-0.2, -0.15) is 0 Å². The summed E-state index contributed by atoms with van der Waals surface area (Å²) in [6, 6.07) is 0. The summed E-state index contributed by atoms with van der Waals surface area (Å²) in [5, 5.41) is 8.64. The van der Waals surface area contributed by atoms with Gasteiger partial charge in [0.15, 0.2) is 0 Å². The molecule has 3 heterocycles. The topological polar surface area (TPSA) is 81.6 Å². The fourth-order valence-electron chi connectivity index (χ4n) is 4.84. The molecule has 0 atom stereocenters. The van der Waals surface area contributed by atoms with Crippen molar-refractivity contribution < 1.29 is 18.8 Å². The molecule has 0 bridgehead atoms. The Kier molecular flexibility index (Phi) is 5.22. The van der Waals surface area contributed by atoms with E-state index in [0.29, 0.717) is 30.1 Å². The number of rotatable bonds is 4. The summed E-state index contributed by atoms with van der Waals surface area (Å²) in [4.78, 5) is 24.4. The van der Waals surface area contributed by atoms with Gasteiger partial charge in [0, 0.05) is 58.0 Å². The minimum atomic E-state index is -2.44. The van der Waals surface area contributed by atoms with Crippen LogP contribution in [0.2, 0.25) is 0 Å². The minimum absolute atomic E-state index is 0.0460. The molecule has 0 aromatic carbocycles. The zero-order valence-electron chi connectivity index (χ0n) is 15.9. The van der Waals surface area contributed by atoms with E-state index in [1.54, 1.807) is 5.48 Å². The molecule has 9 heteroatoms. The molecule has 0 radical (unpaired) electrons. The van der Waals surface area contributed by atoms with Crippen molar-refractivity contribution >= 4 is 11.9 Å². The molecule has 1 saturated carbocycles. The number of aromatic nitrogens is 2. The van der Waals surface area contributed by atoms with E-state index in [0.717, 1.165) is 45.6 Å². The molecule has 0 unspecified atom stereocenters. The Morgan fingerprint density at radius 1 is 1.14 bits per heavy atom. The Bertz CT molecular complexity index is 689. The van der Waals surface area contributed by atoms with Crippen molar-refractivity contribution in [2.24, 2.45) is 11.3 Å². The largest absolute Gasteiger partial charge is 0.341 e. The van der Waals surface area contributed by atoms with Gasteiger partial charge in [-0.25, -0.2) is 24.2 Å². The standard InChI is InChI=1S/C19H27F2N5O2/c20-19(21)3-1-14(2-4-19)11-25-12-18(13-25)5-7-26(8-6-18)17-22-9-15(10-23-17)16(27)24-28/h9-10,14,28H,1-8,11-13H2,(H,24,27). The third-order valence-electron chi connectivity index (χ3n) is 6.58. The summed E-state index contributed by atoms with van der Waals surface area (Å²) in [7, 11) is 0. The fourth-order valence-corrected chi connectivity index (χ4v) is 4.84. The van der Waals surface area contributed by atoms with Gasteiger partial charge in [-0.15, -0.1) is 0 Å². The normalized spacial score (nSPS) is 24.8. The van der Waals surface area contributed by atoms with E-state index in [1.807, 2.05) is 0 Å². The Balaban J connectivity index is 1.22. The highest BCUT2D eigenvalue weighted by molar-refractivity contribution is 5.92. The van der Waals surface area contributed by atoms with Crippen LogP contribution >= 0.6 is 0 Å². The average molecular weight is 395 g/mol. The van der Waals surface area contributed by atoms with Crippen LogP contribution in [0.4, 0.5) is 14.7 Å². The molecule has 1 aliphatic carbocycles. The van der Waals surface area contributed by atoms with E-state index in [-0.39, 0.29) is 18.4 Å². The van der Waals surface area contributed by atoms with Gasteiger partial charge in [0.2, 0.25) is 11.9 Å². The number of carbonyl (C=O) groups is 1. The molecule has 3 fully saturated rings. The average Bonchev–Trinajstić information content (AvgIpc) is 2.68. The molecule has 7 nitrogen and oxygen atoms in total. The van der Waals surface area contributed by atoms with Gasteiger partial charge >= 0.3 is 0 Å². The summed E-state index contributed by atoms with van der Waals surface area (Å²) in [5.41, 5.74) is 2.13. The molecule has 1 aromatic rings. The second kappa shape index (κ2) is 7.51. The van der Waals surface area contributed by atoms with Crippen LogP contribution in [0, 0.1) is 11.3 Å². The smallest absolute Gasteiger partial charge is 0.277 e. The number of amides is 1. The van der Waals surface area contributed by atoms with Crippen LogP contribution in [0.25, 0.3) is 0 Å². The van der Waals surface area contributed by atoms with Gasteiger partial charge in [-0.3, -0.25) is 10.0 Å². The molecule has 2 aliphatic heterocycles. The summed E-state index contributed by atoms with van der Waals surface area (Å²) in [5.74, 6) is -2.05. The van der Waals surface area contributed by atoms with Crippen LogP contribution in [0.5, 0.6) is 0 Å². The number of anilines is 1. The molecule has 2 saturated heterocycles. The Hall–Kier alpha value is -1.87. The van der Waals surface area contributed by atoms with Crippen molar-refractivity contribution in [2.75, 3.05) is 37.6 Å². The maximum Gasteiger partial charge on any atom is 0.277 e. The van der Waals surface area contributed by atoms with E-state index in [4.69, 9.17) is 5.21 Å². The van der Waals surface area contributed by atoms with E-state index in [2.05, 4.69) is 19.8 Å². The quantitative estimate of drug-likeness (QED) is 0.602. The minimum Gasteiger partial charge on any atom is -0.341 e. The number of hydrogen-bond acceptors (Lipinski definition) is 6. The van der Waals surface area contributed by atoms with Gasteiger partial charge < -0.3 is 9.80 Å². The molecule has 2 N–H and O–H groups in total.